The fourth-order valence-corrected chi connectivity index (χ4v) is 2.48. The number of nitrogens with one attached hydrogen (secondary N) is 1. The molecule has 0 saturated carbocycles. The van der Waals surface area contributed by atoms with Crippen molar-refractivity contribution >= 4 is 5.69 Å². The molecule has 1 aromatic carbocycles. The molecule has 0 bridgehead atoms. The minimum atomic E-state index is -0.132. The highest BCUT2D eigenvalue weighted by Gasteiger charge is 2.18. The van der Waals surface area contributed by atoms with Crippen molar-refractivity contribution in [3.63, 3.8) is 0 Å². The first-order chi connectivity index (χ1) is 10.7. The molecule has 0 spiro atoms. The molecular weight excluding hydrogens is 278 g/mol. The molecule has 1 heterocycles. The number of hydrogen-bond donors (Lipinski definition) is 2. The Morgan fingerprint density at radius 2 is 2.00 bits per heavy atom. The SMILES string of the molecule is CCc1cc(=O)[nH]c(CN(c2ccccc2)C(CC)CO)n1. The predicted molar refractivity (Wildman–Crippen MR) is 88.0 cm³/mol. The lowest BCUT2D eigenvalue weighted by Crippen LogP contribution is -2.38. The van der Waals surface area contributed by atoms with E-state index in [0.29, 0.717) is 12.4 Å². The van der Waals surface area contributed by atoms with Gasteiger partial charge in [-0.3, -0.25) is 4.79 Å². The fourth-order valence-electron chi connectivity index (χ4n) is 2.48. The van der Waals surface area contributed by atoms with E-state index in [-0.39, 0.29) is 18.2 Å². The van der Waals surface area contributed by atoms with Crippen LogP contribution in [0.5, 0.6) is 0 Å². The van der Waals surface area contributed by atoms with Gasteiger partial charge in [-0.05, 0) is 25.0 Å². The normalized spacial score (nSPS) is 12.1. The van der Waals surface area contributed by atoms with Gasteiger partial charge in [-0.1, -0.05) is 32.0 Å². The largest absolute Gasteiger partial charge is 0.394 e. The van der Waals surface area contributed by atoms with Crippen molar-refractivity contribution in [2.45, 2.75) is 39.3 Å². The minimum Gasteiger partial charge on any atom is -0.394 e. The summed E-state index contributed by atoms with van der Waals surface area (Å²) in [6, 6.07) is 11.4. The van der Waals surface area contributed by atoms with Gasteiger partial charge in [0.25, 0.3) is 5.56 Å². The van der Waals surface area contributed by atoms with E-state index < -0.39 is 0 Å². The first kappa shape index (κ1) is 16.2. The molecule has 0 saturated heterocycles. The van der Waals surface area contributed by atoms with Gasteiger partial charge in [0, 0.05) is 17.4 Å². The number of benzene rings is 1. The number of aliphatic hydroxyl groups excluding tert-OH is 1. The van der Waals surface area contributed by atoms with Crippen molar-refractivity contribution in [1.82, 2.24) is 9.97 Å². The molecule has 1 aromatic heterocycles. The Morgan fingerprint density at radius 1 is 1.27 bits per heavy atom. The Morgan fingerprint density at radius 3 is 2.59 bits per heavy atom. The van der Waals surface area contributed by atoms with Crippen LogP contribution < -0.4 is 10.5 Å². The summed E-state index contributed by atoms with van der Waals surface area (Å²) in [5.41, 5.74) is 1.66. The van der Waals surface area contributed by atoms with Gasteiger partial charge in [-0.2, -0.15) is 0 Å². The van der Waals surface area contributed by atoms with Crippen molar-refractivity contribution in [3.8, 4) is 0 Å². The summed E-state index contributed by atoms with van der Waals surface area (Å²) in [6.45, 7) is 4.54. The van der Waals surface area contributed by atoms with Crippen LogP contribution in [0.15, 0.2) is 41.2 Å². The van der Waals surface area contributed by atoms with Gasteiger partial charge in [0.2, 0.25) is 0 Å². The molecule has 0 aliphatic carbocycles. The molecular formula is C17H23N3O2. The summed E-state index contributed by atoms with van der Waals surface area (Å²) in [5.74, 6) is 0.625. The third-order valence-corrected chi connectivity index (χ3v) is 3.74. The second-order valence-corrected chi connectivity index (χ2v) is 5.25. The van der Waals surface area contributed by atoms with Crippen LogP contribution in [-0.2, 0) is 13.0 Å². The fraction of sp³-hybridized carbons (Fsp3) is 0.412. The van der Waals surface area contributed by atoms with E-state index in [2.05, 4.69) is 14.9 Å². The lowest BCUT2D eigenvalue weighted by atomic mass is 10.1. The number of aryl methyl sites for hydroxylation is 1. The predicted octanol–water partition coefficient (Wildman–Crippen LogP) is 2.11. The molecule has 0 aliphatic rings. The Labute approximate surface area is 130 Å². The monoisotopic (exact) mass is 301 g/mol. The third kappa shape index (κ3) is 3.95. The van der Waals surface area contributed by atoms with Gasteiger partial charge in [-0.15, -0.1) is 0 Å². The van der Waals surface area contributed by atoms with E-state index in [1.54, 1.807) is 0 Å². The summed E-state index contributed by atoms with van der Waals surface area (Å²) in [4.78, 5) is 21.1. The van der Waals surface area contributed by atoms with Gasteiger partial charge in [0.15, 0.2) is 0 Å². The maximum absolute atomic E-state index is 11.7. The van der Waals surface area contributed by atoms with Crippen LogP contribution in [0.25, 0.3) is 0 Å². The number of rotatable bonds is 7. The topological polar surface area (TPSA) is 69.2 Å². The standard InChI is InChI=1S/C17H23N3O2/c1-3-13-10-17(22)19-16(18-13)11-20(14(4-2)12-21)15-8-6-5-7-9-15/h5-10,14,21H,3-4,11-12H2,1-2H3,(H,18,19,22). The molecule has 0 fully saturated rings. The van der Waals surface area contributed by atoms with Gasteiger partial charge in [-0.25, -0.2) is 4.98 Å². The first-order valence-corrected chi connectivity index (χ1v) is 7.69. The van der Waals surface area contributed by atoms with Crippen LogP contribution in [0.3, 0.4) is 0 Å². The van der Waals surface area contributed by atoms with Crippen molar-refractivity contribution in [1.29, 1.82) is 0 Å². The van der Waals surface area contributed by atoms with Crippen LogP contribution in [0.2, 0.25) is 0 Å². The molecule has 1 atom stereocenters. The molecule has 2 rings (SSSR count). The lowest BCUT2D eigenvalue weighted by Gasteiger charge is -2.31. The lowest BCUT2D eigenvalue weighted by molar-refractivity contribution is 0.254. The van der Waals surface area contributed by atoms with E-state index in [9.17, 15) is 9.90 Å². The summed E-state index contributed by atoms with van der Waals surface area (Å²) in [7, 11) is 0. The average Bonchev–Trinajstić information content (AvgIpc) is 2.55. The number of para-hydroxylation sites is 1. The highest BCUT2D eigenvalue weighted by molar-refractivity contribution is 5.47. The van der Waals surface area contributed by atoms with Crippen LogP contribution in [0.4, 0.5) is 5.69 Å². The van der Waals surface area contributed by atoms with Crippen LogP contribution in [0, 0.1) is 0 Å². The second-order valence-electron chi connectivity index (χ2n) is 5.25. The van der Waals surface area contributed by atoms with Gasteiger partial charge in [0.05, 0.1) is 19.2 Å². The van der Waals surface area contributed by atoms with E-state index in [0.717, 1.165) is 24.2 Å². The number of nitrogens with zero attached hydrogens (tertiary/aromatic N) is 2. The summed E-state index contributed by atoms with van der Waals surface area (Å²) in [6.07, 6.45) is 1.53. The van der Waals surface area contributed by atoms with Crippen molar-refractivity contribution < 1.29 is 5.11 Å². The highest BCUT2D eigenvalue weighted by Crippen LogP contribution is 2.20. The zero-order chi connectivity index (χ0) is 15.9. The van der Waals surface area contributed by atoms with Gasteiger partial charge >= 0.3 is 0 Å². The van der Waals surface area contributed by atoms with Crippen molar-refractivity contribution in [2.75, 3.05) is 11.5 Å². The van der Waals surface area contributed by atoms with Crippen LogP contribution in [0.1, 0.15) is 31.8 Å². The molecule has 0 radical (unpaired) electrons. The number of aliphatic hydroxyl groups is 1. The molecule has 118 valence electrons. The average molecular weight is 301 g/mol. The number of aromatic amines is 1. The first-order valence-electron chi connectivity index (χ1n) is 7.69. The van der Waals surface area contributed by atoms with E-state index >= 15 is 0 Å². The van der Waals surface area contributed by atoms with E-state index in [4.69, 9.17) is 0 Å². The highest BCUT2D eigenvalue weighted by atomic mass is 16.3. The Bertz CT molecular complexity index is 636. The summed E-state index contributed by atoms with van der Waals surface area (Å²) in [5, 5.41) is 9.66. The number of anilines is 1. The van der Waals surface area contributed by atoms with Gasteiger partial charge in [0.1, 0.15) is 5.82 Å². The number of hydrogen-bond acceptors (Lipinski definition) is 4. The van der Waals surface area contributed by atoms with Crippen molar-refractivity contribution in [3.05, 3.63) is 58.3 Å². The molecule has 0 aliphatic heterocycles. The zero-order valence-electron chi connectivity index (χ0n) is 13.1. The summed E-state index contributed by atoms with van der Waals surface area (Å²) < 4.78 is 0. The number of aromatic nitrogens is 2. The second kappa shape index (κ2) is 7.75. The quantitative estimate of drug-likeness (QED) is 0.822. The molecule has 22 heavy (non-hydrogen) atoms. The Balaban J connectivity index is 2.34. The van der Waals surface area contributed by atoms with Gasteiger partial charge < -0.3 is 15.0 Å². The third-order valence-electron chi connectivity index (χ3n) is 3.74. The molecule has 5 nitrogen and oxygen atoms in total. The molecule has 1 unspecified atom stereocenters. The van der Waals surface area contributed by atoms with Crippen LogP contribution >= 0.6 is 0 Å². The Kier molecular flexibility index (Phi) is 5.72. The van der Waals surface area contributed by atoms with E-state index in [1.165, 1.54) is 6.07 Å². The van der Waals surface area contributed by atoms with Crippen molar-refractivity contribution in [2.24, 2.45) is 0 Å². The smallest absolute Gasteiger partial charge is 0.251 e. The number of H-pyrrole nitrogens is 1. The molecule has 2 N–H and O–H groups in total. The Hall–Kier alpha value is -2.14. The maximum Gasteiger partial charge on any atom is 0.251 e. The molecule has 2 aromatic rings. The molecule has 5 heteroatoms. The zero-order valence-corrected chi connectivity index (χ0v) is 13.1. The molecule has 0 amide bonds. The van der Waals surface area contributed by atoms with Crippen LogP contribution in [-0.4, -0.2) is 27.7 Å². The summed E-state index contributed by atoms with van der Waals surface area (Å²) >= 11 is 0. The minimum absolute atomic E-state index is 0.0158. The maximum atomic E-state index is 11.7. The van der Waals surface area contributed by atoms with E-state index in [1.807, 2.05) is 44.2 Å².